The molecule has 1 aromatic carbocycles. The summed E-state index contributed by atoms with van der Waals surface area (Å²) in [5.74, 6) is -1.77. The van der Waals surface area contributed by atoms with Crippen molar-refractivity contribution >= 4 is 23.4 Å². The van der Waals surface area contributed by atoms with E-state index in [9.17, 15) is 24.1 Å². The third kappa shape index (κ3) is 4.18. The smallest absolute Gasteiger partial charge is 0.409 e. The van der Waals surface area contributed by atoms with Gasteiger partial charge in [0.25, 0.3) is 5.69 Å². The lowest BCUT2D eigenvalue weighted by Crippen LogP contribution is -2.44. The van der Waals surface area contributed by atoms with Crippen LogP contribution < -0.4 is 5.32 Å². The standard InChI is InChI=1S/C15H18FN3O5/c1-2-24-15(21)18-7-3-4-10(9-18)14(20)17-13-8-11(19(22)23)5-6-12(13)16/h5-6,8,10H,2-4,7,9H2,1H3,(H,17,20). The number of nitrogens with zero attached hydrogens (tertiary/aromatic N) is 2. The minimum Gasteiger partial charge on any atom is -0.450 e. The Morgan fingerprint density at radius 3 is 2.92 bits per heavy atom. The first kappa shape index (κ1) is 17.6. The monoisotopic (exact) mass is 339 g/mol. The van der Waals surface area contributed by atoms with Gasteiger partial charge in [-0.25, -0.2) is 9.18 Å². The van der Waals surface area contributed by atoms with Crippen LogP contribution in [0.15, 0.2) is 18.2 Å². The maximum Gasteiger partial charge on any atom is 0.409 e. The average Bonchev–Trinajstić information content (AvgIpc) is 2.57. The molecule has 0 aliphatic carbocycles. The summed E-state index contributed by atoms with van der Waals surface area (Å²) in [7, 11) is 0. The van der Waals surface area contributed by atoms with Crippen molar-refractivity contribution in [2.75, 3.05) is 25.0 Å². The van der Waals surface area contributed by atoms with Crippen LogP contribution in [0.2, 0.25) is 0 Å². The fraction of sp³-hybridized carbons (Fsp3) is 0.467. The zero-order valence-corrected chi connectivity index (χ0v) is 13.2. The molecule has 24 heavy (non-hydrogen) atoms. The van der Waals surface area contributed by atoms with Crippen LogP contribution in [0.5, 0.6) is 0 Å². The summed E-state index contributed by atoms with van der Waals surface area (Å²) in [6.07, 6.45) is 0.670. The third-order valence-corrected chi connectivity index (χ3v) is 3.74. The van der Waals surface area contributed by atoms with Gasteiger partial charge in [0.1, 0.15) is 5.82 Å². The quantitative estimate of drug-likeness (QED) is 0.671. The molecule has 1 saturated heterocycles. The number of carbonyl (C=O) groups excluding carboxylic acids is 2. The van der Waals surface area contributed by atoms with Crippen LogP contribution in [0.3, 0.4) is 0 Å². The predicted octanol–water partition coefficient (Wildman–Crippen LogP) is 2.54. The number of hydrogen-bond acceptors (Lipinski definition) is 5. The highest BCUT2D eigenvalue weighted by Crippen LogP contribution is 2.24. The second-order valence-corrected chi connectivity index (χ2v) is 5.39. The molecule has 2 rings (SSSR count). The van der Waals surface area contributed by atoms with Crippen molar-refractivity contribution in [3.8, 4) is 0 Å². The fourth-order valence-corrected chi connectivity index (χ4v) is 2.53. The number of anilines is 1. The zero-order valence-electron chi connectivity index (χ0n) is 13.2. The molecule has 9 heteroatoms. The van der Waals surface area contributed by atoms with Crippen LogP contribution >= 0.6 is 0 Å². The fourth-order valence-electron chi connectivity index (χ4n) is 2.53. The zero-order chi connectivity index (χ0) is 17.7. The van der Waals surface area contributed by atoms with Gasteiger partial charge >= 0.3 is 6.09 Å². The van der Waals surface area contributed by atoms with E-state index in [1.807, 2.05) is 0 Å². The molecule has 1 aromatic rings. The Kier molecular flexibility index (Phi) is 5.67. The van der Waals surface area contributed by atoms with Gasteiger partial charge in [-0.05, 0) is 25.8 Å². The first-order valence-corrected chi connectivity index (χ1v) is 7.59. The lowest BCUT2D eigenvalue weighted by molar-refractivity contribution is -0.384. The molecule has 0 bridgehead atoms. The molecule has 1 aliphatic rings. The molecule has 1 aliphatic heterocycles. The number of amides is 2. The largest absolute Gasteiger partial charge is 0.450 e. The summed E-state index contributed by atoms with van der Waals surface area (Å²) in [5, 5.41) is 13.1. The van der Waals surface area contributed by atoms with Gasteiger partial charge in [0, 0.05) is 25.2 Å². The summed E-state index contributed by atoms with van der Waals surface area (Å²) in [6, 6.07) is 2.92. The minimum atomic E-state index is -0.757. The number of halogens is 1. The molecule has 1 heterocycles. The van der Waals surface area contributed by atoms with Crippen molar-refractivity contribution in [2.24, 2.45) is 5.92 Å². The molecule has 1 atom stereocenters. The van der Waals surface area contributed by atoms with Gasteiger partial charge in [-0.3, -0.25) is 14.9 Å². The van der Waals surface area contributed by atoms with E-state index in [0.717, 1.165) is 18.2 Å². The van der Waals surface area contributed by atoms with Gasteiger partial charge in [0.05, 0.1) is 23.1 Å². The maximum absolute atomic E-state index is 13.7. The predicted molar refractivity (Wildman–Crippen MR) is 83.0 cm³/mol. The summed E-state index contributed by atoms with van der Waals surface area (Å²) in [4.78, 5) is 35.5. The van der Waals surface area contributed by atoms with E-state index in [4.69, 9.17) is 4.74 Å². The molecule has 2 amide bonds. The van der Waals surface area contributed by atoms with Gasteiger partial charge < -0.3 is 15.0 Å². The average molecular weight is 339 g/mol. The molecular formula is C15H18FN3O5. The molecule has 1 unspecified atom stereocenters. The molecule has 0 saturated carbocycles. The van der Waals surface area contributed by atoms with Crippen LogP contribution in [0.25, 0.3) is 0 Å². The Hall–Kier alpha value is -2.71. The Balaban J connectivity index is 2.05. The summed E-state index contributed by atoms with van der Waals surface area (Å²) < 4.78 is 18.7. The lowest BCUT2D eigenvalue weighted by Gasteiger charge is -2.31. The normalized spacial score (nSPS) is 17.2. The summed E-state index contributed by atoms with van der Waals surface area (Å²) >= 11 is 0. The van der Waals surface area contributed by atoms with Crippen molar-refractivity contribution in [1.29, 1.82) is 0 Å². The second-order valence-electron chi connectivity index (χ2n) is 5.39. The number of carbonyl (C=O) groups is 2. The Morgan fingerprint density at radius 1 is 1.50 bits per heavy atom. The van der Waals surface area contributed by atoms with E-state index < -0.39 is 28.7 Å². The number of nitro groups is 1. The third-order valence-electron chi connectivity index (χ3n) is 3.74. The molecule has 1 fully saturated rings. The SMILES string of the molecule is CCOC(=O)N1CCCC(C(=O)Nc2cc([N+](=O)[O-])ccc2F)C1. The van der Waals surface area contributed by atoms with Gasteiger partial charge in [0.2, 0.25) is 5.91 Å². The van der Waals surface area contributed by atoms with Crippen molar-refractivity contribution in [3.63, 3.8) is 0 Å². The first-order chi connectivity index (χ1) is 11.4. The van der Waals surface area contributed by atoms with Crippen LogP contribution in [0.4, 0.5) is 20.6 Å². The van der Waals surface area contributed by atoms with Crippen molar-refractivity contribution in [1.82, 2.24) is 4.90 Å². The number of rotatable bonds is 4. The number of piperidine rings is 1. The van der Waals surface area contributed by atoms with E-state index >= 15 is 0 Å². The summed E-state index contributed by atoms with van der Waals surface area (Å²) in [6.45, 7) is 2.59. The Labute approximate surface area is 137 Å². The topological polar surface area (TPSA) is 102 Å². The first-order valence-electron chi connectivity index (χ1n) is 7.59. The second kappa shape index (κ2) is 7.71. The van der Waals surface area contributed by atoms with E-state index in [-0.39, 0.29) is 24.5 Å². The molecule has 0 radical (unpaired) electrons. The summed E-state index contributed by atoms with van der Waals surface area (Å²) in [5.41, 5.74) is -0.564. The van der Waals surface area contributed by atoms with Gasteiger partial charge in [-0.15, -0.1) is 0 Å². The Morgan fingerprint density at radius 2 is 2.25 bits per heavy atom. The highest BCUT2D eigenvalue weighted by atomic mass is 19.1. The molecule has 0 aromatic heterocycles. The van der Waals surface area contributed by atoms with E-state index in [1.165, 1.54) is 4.90 Å². The molecule has 0 spiro atoms. The molecule has 130 valence electrons. The molecule has 1 N–H and O–H groups in total. The maximum atomic E-state index is 13.7. The van der Waals surface area contributed by atoms with Crippen molar-refractivity contribution in [2.45, 2.75) is 19.8 Å². The number of nitro benzene ring substituents is 1. The van der Waals surface area contributed by atoms with E-state index in [2.05, 4.69) is 5.32 Å². The van der Waals surface area contributed by atoms with Crippen molar-refractivity contribution in [3.05, 3.63) is 34.1 Å². The van der Waals surface area contributed by atoms with Crippen LogP contribution in [-0.4, -0.2) is 41.5 Å². The van der Waals surface area contributed by atoms with Gasteiger partial charge in [0.15, 0.2) is 0 Å². The highest BCUT2D eigenvalue weighted by molar-refractivity contribution is 5.93. The van der Waals surface area contributed by atoms with Crippen LogP contribution in [-0.2, 0) is 9.53 Å². The number of hydrogen-bond donors (Lipinski definition) is 1. The van der Waals surface area contributed by atoms with E-state index in [0.29, 0.717) is 19.4 Å². The van der Waals surface area contributed by atoms with Crippen LogP contribution in [0.1, 0.15) is 19.8 Å². The highest BCUT2D eigenvalue weighted by Gasteiger charge is 2.29. The Bertz CT molecular complexity index is 652. The number of ether oxygens (including phenoxy) is 1. The number of non-ortho nitro benzene ring substituents is 1. The minimum absolute atomic E-state index is 0.168. The molecule has 8 nitrogen and oxygen atoms in total. The lowest BCUT2D eigenvalue weighted by atomic mass is 9.97. The van der Waals surface area contributed by atoms with Crippen molar-refractivity contribution < 1.29 is 23.6 Å². The number of likely N-dealkylation sites (tertiary alicyclic amines) is 1. The number of benzene rings is 1. The van der Waals surface area contributed by atoms with Gasteiger partial charge in [-0.1, -0.05) is 0 Å². The molecular weight excluding hydrogens is 321 g/mol. The number of nitrogens with one attached hydrogen (secondary N) is 1. The van der Waals surface area contributed by atoms with Gasteiger partial charge in [-0.2, -0.15) is 0 Å². The van der Waals surface area contributed by atoms with E-state index in [1.54, 1.807) is 6.92 Å². The van der Waals surface area contributed by atoms with Crippen LogP contribution in [0, 0.1) is 21.8 Å².